The topological polar surface area (TPSA) is 55.2 Å². The first-order valence-corrected chi connectivity index (χ1v) is 12.0. The standard InChI is InChI=1S/C29H29N5O/c1-3-9-24(10-4-1)13-8-18-33-22-29(31-32-33)26-14-7-15-28(21-26)30-27-16-19-34(20-17-27)35-23-25-11-5-2-6-12-25/h1-7,9-12,14-17,19,21-22,30H,8,13,18,20,23H2. The molecule has 6 nitrogen and oxygen atoms in total. The van der Waals surface area contributed by atoms with Crippen LogP contribution in [0.15, 0.2) is 115 Å². The molecule has 1 aromatic heterocycles. The number of nitrogens with one attached hydrogen (secondary N) is 1. The second-order valence-electron chi connectivity index (χ2n) is 8.50. The van der Waals surface area contributed by atoms with E-state index in [9.17, 15) is 0 Å². The Morgan fingerprint density at radius 2 is 1.69 bits per heavy atom. The molecule has 0 saturated carbocycles. The summed E-state index contributed by atoms with van der Waals surface area (Å²) < 4.78 is 1.93. The lowest BCUT2D eigenvalue weighted by molar-refractivity contribution is -0.124. The van der Waals surface area contributed by atoms with Gasteiger partial charge in [-0.1, -0.05) is 78.0 Å². The quantitative estimate of drug-likeness (QED) is 0.320. The van der Waals surface area contributed by atoms with Gasteiger partial charge < -0.3 is 5.32 Å². The summed E-state index contributed by atoms with van der Waals surface area (Å²) in [5.41, 5.74) is 6.46. The molecular formula is C29H29N5O. The molecular weight excluding hydrogens is 434 g/mol. The van der Waals surface area contributed by atoms with Crippen LogP contribution in [-0.4, -0.2) is 26.6 Å². The predicted octanol–water partition coefficient (Wildman–Crippen LogP) is 5.83. The van der Waals surface area contributed by atoms with Crippen molar-refractivity contribution >= 4 is 5.69 Å². The minimum Gasteiger partial charge on any atom is -0.356 e. The van der Waals surface area contributed by atoms with E-state index < -0.39 is 0 Å². The smallest absolute Gasteiger partial charge is 0.113 e. The second-order valence-corrected chi connectivity index (χ2v) is 8.50. The van der Waals surface area contributed by atoms with Crippen LogP contribution in [0.1, 0.15) is 17.5 Å². The van der Waals surface area contributed by atoms with Crippen molar-refractivity contribution < 1.29 is 4.84 Å². The minimum absolute atomic E-state index is 0.552. The third kappa shape index (κ3) is 6.46. The fourth-order valence-electron chi connectivity index (χ4n) is 3.95. The molecule has 35 heavy (non-hydrogen) atoms. The van der Waals surface area contributed by atoms with E-state index in [0.717, 1.165) is 47.6 Å². The van der Waals surface area contributed by atoms with Crippen molar-refractivity contribution in [2.24, 2.45) is 0 Å². The number of allylic oxidation sites excluding steroid dienone is 1. The minimum atomic E-state index is 0.552. The third-order valence-corrected chi connectivity index (χ3v) is 5.83. The van der Waals surface area contributed by atoms with Crippen LogP contribution in [0, 0.1) is 0 Å². The number of aryl methyl sites for hydroxylation is 2. The molecule has 1 aliphatic rings. The molecule has 0 unspecified atom stereocenters. The molecule has 3 aromatic carbocycles. The third-order valence-electron chi connectivity index (χ3n) is 5.83. The number of hydrogen-bond acceptors (Lipinski definition) is 5. The fraction of sp³-hybridized carbons (Fsp3) is 0.172. The van der Waals surface area contributed by atoms with Crippen LogP contribution < -0.4 is 5.32 Å². The van der Waals surface area contributed by atoms with Crippen molar-refractivity contribution in [3.63, 3.8) is 0 Å². The van der Waals surface area contributed by atoms with E-state index in [0.29, 0.717) is 13.2 Å². The molecule has 0 radical (unpaired) electrons. The van der Waals surface area contributed by atoms with Crippen LogP contribution in [-0.2, 0) is 24.4 Å². The zero-order valence-corrected chi connectivity index (χ0v) is 19.6. The first kappa shape index (κ1) is 22.6. The number of nitrogens with zero attached hydrogens (tertiary/aromatic N) is 4. The molecule has 176 valence electrons. The van der Waals surface area contributed by atoms with Gasteiger partial charge in [0.05, 0.1) is 19.3 Å². The maximum absolute atomic E-state index is 5.86. The van der Waals surface area contributed by atoms with Crippen molar-refractivity contribution in [3.05, 3.63) is 126 Å². The second kappa shape index (κ2) is 11.3. The number of rotatable bonds is 10. The highest BCUT2D eigenvalue weighted by Gasteiger charge is 2.08. The van der Waals surface area contributed by atoms with E-state index in [1.165, 1.54) is 5.56 Å². The van der Waals surface area contributed by atoms with Gasteiger partial charge in [0, 0.05) is 29.7 Å². The van der Waals surface area contributed by atoms with Crippen LogP contribution in [0.4, 0.5) is 5.69 Å². The largest absolute Gasteiger partial charge is 0.356 e. The zero-order chi connectivity index (χ0) is 23.7. The summed E-state index contributed by atoms with van der Waals surface area (Å²) in [6, 6.07) is 29.0. The van der Waals surface area contributed by atoms with Crippen molar-refractivity contribution in [2.75, 3.05) is 11.9 Å². The van der Waals surface area contributed by atoms with Gasteiger partial charge in [-0.05, 0) is 48.3 Å². The molecule has 2 heterocycles. The van der Waals surface area contributed by atoms with Gasteiger partial charge in [0.25, 0.3) is 0 Å². The van der Waals surface area contributed by atoms with Gasteiger partial charge in [-0.15, -0.1) is 5.10 Å². The van der Waals surface area contributed by atoms with Crippen LogP contribution >= 0.6 is 0 Å². The first-order valence-electron chi connectivity index (χ1n) is 12.0. The molecule has 0 saturated heterocycles. The Bertz CT molecular complexity index is 1280. The molecule has 1 N–H and O–H groups in total. The molecule has 0 amide bonds. The number of aromatic nitrogens is 3. The zero-order valence-electron chi connectivity index (χ0n) is 19.6. The normalized spacial score (nSPS) is 13.0. The van der Waals surface area contributed by atoms with Gasteiger partial charge in [0.1, 0.15) is 5.69 Å². The maximum atomic E-state index is 5.86. The van der Waals surface area contributed by atoms with Gasteiger partial charge in [0.2, 0.25) is 0 Å². The number of hydroxylamine groups is 2. The summed E-state index contributed by atoms with van der Waals surface area (Å²) >= 11 is 0. The lowest BCUT2D eigenvalue weighted by Crippen LogP contribution is -2.21. The summed E-state index contributed by atoms with van der Waals surface area (Å²) in [6.45, 7) is 2.08. The summed E-state index contributed by atoms with van der Waals surface area (Å²) in [5.74, 6) is 0. The molecule has 5 rings (SSSR count). The first-order chi connectivity index (χ1) is 17.3. The van der Waals surface area contributed by atoms with Crippen molar-refractivity contribution in [1.29, 1.82) is 0 Å². The molecule has 0 atom stereocenters. The van der Waals surface area contributed by atoms with Crippen molar-refractivity contribution in [1.82, 2.24) is 20.1 Å². The molecule has 0 fully saturated rings. The Morgan fingerprint density at radius 3 is 2.46 bits per heavy atom. The summed E-state index contributed by atoms with van der Waals surface area (Å²) in [5, 5.41) is 14.0. The van der Waals surface area contributed by atoms with Crippen LogP contribution in [0.5, 0.6) is 0 Å². The summed E-state index contributed by atoms with van der Waals surface area (Å²) in [6.07, 6.45) is 10.2. The SMILES string of the molecule is C1=CN(OCc2ccccc2)CC=C1Nc1cccc(-c2cn(CCCc3ccccc3)nn2)c1. The Balaban J connectivity index is 1.13. The molecule has 4 aromatic rings. The van der Waals surface area contributed by atoms with Crippen LogP contribution in [0.3, 0.4) is 0 Å². The molecule has 6 heteroatoms. The van der Waals surface area contributed by atoms with Crippen molar-refractivity contribution in [3.8, 4) is 11.3 Å². The molecule has 0 aliphatic carbocycles. The van der Waals surface area contributed by atoms with E-state index in [-0.39, 0.29) is 0 Å². The number of benzene rings is 3. The van der Waals surface area contributed by atoms with Crippen molar-refractivity contribution in [2.45, 2.75) is 26.0 Å². The van der Waals surface area contributed by atoms with Gasteiger partial charge in [-0.2, -0.15) is 0 Å². The number of hydrogen-bond donors (Lipinski definition) is 1. The summed E-state index contributed by atoms with van der Waals surface area (Å²) in [4.78, 5) is 5.86. The van der Waals surface area contributed by atoms with E-state index in [1.807, 2.05) is 58.5 Å². The summed E-state index contributed by atoms with van der Waals surface area (Å²) in [7, 11) is 0. The van der Waals surface area contributed by atoms with Gasteiger partial charge in [-0.25, -0.2) is 0 Å². The molecule has 1 aliphatic heterocycles. The number of anilines is 1. The Morgan fingerprint density at radius 1 is 0.886 bits per heavy atom. The monoisotopic (exact) mass is 463 g/mol. The predicted molar refractivity (Wildman–Crippen MR) is 139 cm³/mol. The Labute approximate surface area is 206 Å². The van der Waals surface area contributed by atoms with Gasteiger partial charge in [0.15, 0.2) is 0 Å². The highest BCUT2D eigenvalue weighted by molar-refractivity contribution is 5.65. The van der Waals surface area contributed by atoms with E-state index in [4.69, 9.17) is 4.84 Å². The van der Waals surface area contributed by atoms with Gasteiger partial charge in [-0.3, -0.25) is 14.6 Å². The highest BCUT2D eigenvalue weighted by Crippen LogP contribution is 2.22. The van der Waals surface area contributed by atoms with E-state index in [1.54, 1.807) is 0 Å². The lowest BCUT2D eigenvalue weighted by atomic mass is 10.1. The average Bonchev–Trinajstić information content (AvgIpc) is 3.39. The van der Waals surface area contributed by atoms with Gasteiger partial charge >= 0.3 is 0 Å². The lowest BCUT2D eigenvalue weighted by Gasteiger charge is -2.22. The Hall–Kier alpha value is -4.16. The Kier molecular flexibility index (Phi) is 7.31. The van der Waals surface area contributed by atoms with E-state index >= 15 is 0 Å². The average molecular weight is 464 g/mol. The molecule has 0 spiro atoms. The molecule has 0 bridgehead atoms. The highest BCUT2D eigenvalue weighted by atomic mass is 16.7. The van der Waals surface area contributed by atoms with Crippen LogP contribution in [0.25, 0.3) is 11.3 Å². The maximum Gasteiger partial charge on any atom is 0.113 e. The van der Waals surface area contributed by atoms with Crippen LogP contribution in [0.2, 0.25) is 0 Å². The fourth-order valence-corrected chi connectivity index (χ4v) is 3.95. The van der Waals surface area contributed by atoms with E-state index in [2.05, 4.69) is 76.3 Å².